The molecule has 0 aromatic rings. The predicted molar refractivity (Wildman–Crippen MR) is 57.6 cm³/mol. The summed E-state index contributed by atoms with van der Waals surface area (Å²) in [6, 6.07) is 0. The number of carboxylic acid groups (broad SMARTS) is 1. The van der Waals surface area contributed by atoms with Gasteiger partial charge < -0.3 is 20.3 Å². The number of nitrogens with two attached hydrogens (primary N) is 1. The third-order valence-electron chi connectivity index (χ3n) is 1.06. The van der Waals surface area contributed by atoms with Crippen molar-refractivity contribution in [3.8, 4) is 0 Å². The Morgan fingerprint density at radius 1 is 1.71 bits per heavy atom. The van der Waals surface area contributed by atoms with Gasteiger partial charge in [0, 0.05) is 13.2 Å². The van der Waals surface area contributed by atoms with E-state index in [1.165, 1.54) is 7.05 Å². The highest BCUT2D eigenvalue weighted by atomic mass is 35.7. The highest BCUT2D eigenvalue weighted by Gasteiger charge is 2.03. The zero-order valence-corrected chi connectivity index (χ0v) is 9.84. The molecule has 0 spiro atoms. The third-order valence-corrected chi connectivity index (χ3v) is 2.42. The van der Waals surface area contributed by atoms with Crippen molar-refractivity contribution in [2.24, 2.45) is 5.73 Å². The number of nitrogens with one attached hydrogen (secondary N) is 1. The Morgan fingerprint density at radius 2 is 2.07 bits per heavy atom. The quantitative estimate of drug-likeness (QED) is 0.383. The smallest absolute Gasteiger partial charge is 0.323 e. The normalized spacial score (nSPS) is 10.8. The molecule has 0 aliphatic rings. The van der Waals surface area contributed by atoms with Gasteiger partial charge in [0.25, 0.3) is 0 Å². The van der Waals surface area contributed by atoms with E-state index in [0.717, 1.165) is 4.90 Å². The van der Waals surface area contributed by atoms with Crippen LogP contribution in [0.1, 0.15) is 6.92 Å². The number of carboxylic acids is 1. The summed E-state index contributed by atoms with van der Waals surface area (Å²) in [7, 11) is -0.211. The molecule has 0 rings (SSSR count). The third kappa shape index (κ3) is 13.8. The maximum atomic E-state index is 9.92. The fraction of sp³-hybridized carbons (Fsp3) is 0.667. The van der Waals surface area contributed by atoms with Crippen LogP contribution in [-0.2, 0) is 9.36 Å². The summed E-state index contributed by atoms with van der Waals surface area (Å²) in [4.78, 5) is 11.0. The van der Waals surface area contributed by atoms with Gasteiger partial charge in [0.2, 0.25) is 0 Å². The minimum absolute atomic E-state index is 0.227. The zero-order chi connectivity index (χ0) is 11.7. The number of halogens is 1. The molecule has 0 saturated carbocycles. The van der Waals surface area contributed by atoms with Gasteiger partial charge in [-0.1, -0.05) is 18.2 Å². The first-order chi connectivity index (χ1) is 6.31. The van der Waals surface area contributed by atoms with E-state index in [1.54, 1.807) is 6.92 Å². The van der Waals surface area contributed by atoms with Gasteiger partial charge in [-0.2, -0.15) is 0 Å². The van der Waals surface area contributed by atoms with Crippen LogP contribution in [0.3, 0.4) is 0 Å². The first-order valence-corrected chi connectivity index (χ1v) is 6.39. The summed E-state index contributed by atoms with van der Waals surface area (Å²) in [5.41, 5.74) is 4.93. The van der Waals surface area contributed by atoms with E-state index >= 15 is 0 Å². The van der Waals surface area contributed by atoms with Gasteiger partial charge in [-0.15, -0.1) is 0 Å². The zero-order valence-electron chi connectivity index (χ0n) is 8.08. The fourth-order valence-corrected chi connectivity index (χ4v) is 0.288. The van der Waals surface area contributed by atoms with Crippen LogP contribution in [0.25, 0.3) is 0 Å². The topological polar surface area (TPSA) is 107 Å². The molecule has 1 atom stereocenters. The van der Waals surface area contributed by atoms with Crippen LogP contribution in [0.2, 0.25) is 0 Å². The second-order valence-electron chi connectivity index (χ2n) is 2.34. The average Bonchev–Trinajstić information content (AvgIpc) is 2.04. The fourth-order valence-electron chi connectivity index (χ4n) is 0.288. The predicted octanol–water partition coefficient (Wildman–Crippen LogP) is 0.616. The Hall–Kier alpha value is -0.740. The number of likely N-dealkylation sites (N-methyl/N-ethyl adjacent to an activating group) is 1. The molecule has 4 N–H and O–H groups in total. The van der Waals surface area contributed by atoms with Crippen molar-refractivity contribution in [1.82, 2.24) is 4.90 Å². The van der Waals surface area contributed by atoms with Gasteiger partial charge in [-0.05, 0) is 0 Å². The van der Waals surface area contributed by atoms with E-state index in [4.69, 9.17) is 27.5 Å². The highest BCUT2D eigenvalue weighted by Crippen LogP contribution is 2.23. The molecule has 0 aromatic carbocycles. The van der Waals surface area contributed by atoms with Gasteiger partial charge in [0.05, 0.1) is 0 Å². The number of guanidine groups is 1. The summed E-state index contributed by atoms with van der Waals surface area (Å²) in [5, 5.41) is 14.9. The molecule has 0 fully saturated rings. The molecule has 0 bridgehead atoms. The van der Waals surface area contributed by atoms with Crippen LogP contribution >= 0.6 is 18.4 Å². The maximum absolute atomic E-state index is 9.92. The standard InChI is InChI=1S/C4H9N3O2.C2H6ClOP/c1-7(4(5)6)2-3(8)9;1-2-5(3)4/h2H2,1H3,(H3,5,6)(H,8,9);5H,2H2,1H3. The Balaban J connectivity index is 0. The number of aliphatic carboxylic acids is 1. The first kappa shape index (κ1) is 15.7. The van der Waals surface area contributed by atoms with E-state index in [9.17, 15) is 9.36 Å². The van der Waals surface area contributed by atoms with Crippen molar-refractivity contribution < 1.29 is 14.5 Å². The van der Waals surface area contributed by atoms with Crippen molar-refractivity contribution in [1.29, 1.82) is 5.41 Å². The van der Waals surface area contributed by atoms with Crippen molar-refractivity contribution in [3.63, 3.8) is 0 Å². The summed E-state index contributed by atoms with van der Waals surface area (Å²) >= 11 is 5.01. The SMILES string of the molecule is CC[PH](=O)Cl.CN(CC(=O)O)C(=N)N. The van der Waals surface area contributed by atoms with Gasteiger partial charge in [0.1, 0.15) is 6.54 Å². The van der Waals surface area contributed by atoms with Crippen molar-refractivity contribution in [3.05, 3.63) is 0 Å². The molecular formula is C6H15ClN3O3P. The lowest BCUT2D eigenvalue weighted by molar-refractivity contribution is -0.137. The van der Waals surface area contributed by atoms with Crippen molar-refractivity contribution >= 4 is 30.3 Å². The summed E-state index contributed by atoms with van der Waals surface area (Å²) in [5.74, 6) is -1.23. The second-order valence-corrected chi connectivity index (χ2v) is 5.03. The van der Waals surface area contributed by atoms with Crippen LogP contribution in [0, 0.1) is 5.41 Å². The van der Waals surface area contributed by atoms with Crippen molar-refractivity contribution in [2.45, 2.75) is 6.92 Å². The van der Waals surface area contributed by atoms with E-state index in [1.807, 2.05) is 0 Å². The molecule has 1 unspecified atom stereocenters. The van der Waals surface area contributed by atoms with Crippen LogP contribution in [-0.4, -0.2) is 41.7 Å². The lowest BCUT2D eigenvalue weighted by Crippen LogP contribution is -2.36. The molecule has 0 amide bonds. The summed E-state index contributed by atoms with van der Waals surface area (Å²) in [6.45, 7) is 1.57. The minimum Gasteiger partial charge on any atom is -0.480 e. The van der Waals surface area contributed by atoms with Gasteiger partial charge in [-0.3, -0.25) is 10.2 Å². The number of rotatable bonds is 3. The average molecular weight is 244 g/mol. The van der Waals surface area contributed by atoms with Crippen LogP contribution in [0.4, 0.5) is 0 Å². The molecule has 0 aromatic heterocycles. The molecule has 0 aliphatic heterocycles. The molecule has 0 heterocycles. The Labute approximate surface area is 88.1 Å². The molecule has 0 saturated heterocycles. The molecule has 14 heavy (non-hydrogen) atoms. The molecule has 0 aliphatic carbocycles. The lowest BCUT2D eigenvalue weighted by Gasteiger charge is -2.12. The number of hydrogen-bond donors (Lipinski definition) is 3. The molecule has 0 radical (unpaired) electrons. The summed E-state index contributed by atoms with van der Waals surface area (Å²) < 4.78 is 9.76. The number of carbonyl (C=O) groups is 1. The second kappa shape index (κ2) is 8.84. The van der Waals surface area contributed by atoms with Crippen LogP contribution in [0.15, 0.2) is 0 Å². The largest absolute Gasteiger partial charge is 0.480 e. The van der Waals surface area contributed by atoms with E-state index in [0.29, 0.717) is 6.16 Å². The monoisotopic (exact) mass is 243 g/mol. The van der Waals surface area contributed by atoms with Gasteiger partial charge >= 0.3 is 5.97 Å². The molecule has 84 valence electrons. The molecule has 8 heteroatoms. The maximum Gasteiger partial charge on any atom is 0.323 e. The Morgan fingerprint density at radius 3 is 2.14 bits per heavy atom. The van der Waals surface area contributed by atoms with Crippen molar-refractivity contribution in [2.75, 3.05) is 19.8 Å². The van der Waals surface area contributed by atoms with E-state index < -0.39 is 13.1 Å². The van der Waals surface area contributed by atoms with Crippen LogP contribution in [0.5, 0.6) is 0 Å². The summed E-state index contributed by atoms with van der Waals surface area (Å²) in [6.07, 6.45) is 0.617. The Bertz CT molecular complexity index is 224. The Kier molecular flexibility index (Phi) is 9.93. The van der Waals surface area contributed by atoms with E-state index in [-0.39, 0.29) is 12.5 Å². The van der Waals surface area contributed by atoms with E-state index in [2.05, 4.69) is 0 Å². The minimum atomic E-state index is -1.65. The first-order valence-electron chi connectivity index (χ1n) is 3.76. The number of nitrogens with zero attached hydrogens (tertiary/aromatic N) is 1. The lowest BCUT2D eigenvalue weighted by atomic mass is 10.6. The highest BCUT2D eigenvalue weighted by molar-refractivity contribution is 7.73. The van der Waals surface area contributed by atoms with Gasteiger partial charge in [-0.25, -0.2) is 0 Å². The van der Waals surface area contributed by atoms with Gasteiger partial charge in [0.15, 0.2) is 13.1 Å². The molecule has 6 nitrogen and oxygen atoms in total. The number of hydrogen-bond acceptors (Lipinski definition) is 3. The van der Waals surface area contributed by atoms with Crippen LogP contribution < -0.4 is 5.73 Å². The molecular weight excluding hydrogens is 229 g/mol.